The zero-order valence-electron chi connectivity index (χ0n) is 19.0. The van der Waals surface area contributed by atoms with Crippen molar-refractivity contribution < 1.29 is 13.2 Å². The van der Waals surface area contributed by atoms with E-state index in [1.807, 2.05) is 58.0 Å². The molecule has 0 aromatic heterocycles. The van der Waals surface area contributed by atoms with Gasteiger partial charge in [-0.2, -0.15) is 0 Å². The van der Waals surface area contributed by atoms with Crippen LogP contribution in [0.1, 0.15) is 42.1 Å². The first-order valence-corrected chi connectivity index (χ1v) is 12.2. The van der Waals surface area contributed by atoms with Crippen molar-refractivity contribution in [3.05, 3.63) is 95.1 Å². The third-order valence-electron chi connectivity index (χ3n) is 5.53. The van der Waals surface area contributed by atoms with Crippen LogP contribution in [-0.2, 0) is 21.2 Å². The van der Waals surface area contributed by atoms with Crippen LogP contribution in [0.5, 0.6) is 0 Å². The number of anilines is 1. The second-order valence-corrected chi connectivity index (χ2v) is 9.86. The molecular weight excluding hydrogens is 420 g/mol. The molecule has 0 aliphatic rings. The highest BCUT2D eigenvalue weighted by atomic mass is 32.2. The van der Waals surface area contributed by atoms with Crippen LogP contribution in [0.25, 0.3) is 0 Å². The van der Waals surface area contributed by atoms with E-state index in [4.69, 9.17) is 0 Å². The minimum Gasteiger partial charge on any atom is -0.348 e. The summed E-state index contributed by atoms with van der Waals surface area (Å²) in [5.41, 5.74) is 4.76. The SMILES string of the molecule is CCc1ccc(N(CC(=O)NC(C)c2cc(C)ccc2C)S(=O)(=O)c2ccccc2)cc1. The van der Waals surface area contributed by atoms with Gasteiger partial charge in [0.15, 0.2) is 0 Å². The summed E-state index contributed by atoms with van der Waals surface area (Å²) in [5.74, 6) is -0.363. The fourth-order valence-corrected chi connectivity index (χ4v) is 5.10. The Morgan fingerprint density at radius 3 is 2.25 bits per heavy atom. The van der Waals surface area contributed by atoms with Gasteiger partial charge in [0.2, 0.25) is 5.91 Å². The minimum absolute atomic E-state index is 0.148. The van der Waals surface area contributed by atoms with Crippen LogP contribution in [0.4, 0.5) is 5.69 Å². The molecule has 0 saturated heterocycles. The lowest BCUT2D eigenvalue weighted by Crippen LogP contribution is -2.41. The molecule has 5 nitrogen and oxygen atoms in total. The van der Waals surface area contributed by atoms with Crippen LogP contribution in [0.2, 0.25) is 0 Å². The standard InChI is InChI=1S/C26H30N2O3S/c1-5-22-13-15-23(16-14-22)28(32(30,31)24-9-7-6-8-10-24)18-26(29)27-21(4)25-17-19(2)11-12-20(25)3/h6-17,21H,5,18H2,1-4H3,(H,27,29). The van der Waals surface area contributed by atoms with E-state index >= 15 is 0 Å². The summed E-state index contributed by atoms with van der Waals surface area (Å²) >= 11 is 0. The van der Waals surface area contributed by atoms with Gasteiger partial charge in [0.25, 0.3) is 10.0 Å². The Balaban J connectivity index is 1.89. The van der Waals surface area contributed by atoms with Crippen LogP contribution in [-0.4, -0.2) is 20.9 Å². The maximum Gasteiger partial charge on any atom is 0.264 e. The number of nitrogens with zero attached hydrogens (tertiary/aromatic N) is 1. The van der Waals surface area contributed by atoms with Gasteiger partial charge in [-0.25, -0.2) is 8.42 Å². The number of nitrogens with one attached hydrogen (secondary N) is 1. The van der Waals surface area contributed by atoms with Crippen molar-refractivity contribution in [2.45, 2.75) is 45.1 Å². The Morgan fingerprint density at radius 1 is 0.969 bits per heavy atom. The van der Waals surface area contributed by atoms with E-state index in [1.165, 1.54) is 4.31 Å². The molecule has 3 aromatic carbocycles. The molecule has 1 N–H and O–H groups in total. The Labute approximate surface area is 191 Å². The van der Waals surface area contributed by atoms with E-state index in [1.54, 1.807) is 42.5 Å². The third-order valence-corrected chi connectivity index (χ3v) is 7.32. The highest BCUT2D eigenvalue weighted by Crippen LogP contribution is 2.25. The van der Waals surface area contributed by atoms with Crippen molar-refractivity contribution in [3.63, 3.8) is 0 Å². The molecule has 6 heteroatoms. The first kappa shape index (κ1) is 23.5. The fraction of sp³-hybridized carbons (Fsp3) is 0.269. The van der Waals surface area contributed by atoms with Crippen molar-refractivity contribution in [3.8, 4) is 0 Å². The molecule has 1 atom stereocenters. The monoisotopic (exact) mass is 450 g/mol. The molecular formula is C26H30N2O3S. The maximum atomic E-state index is 13.4. The number of hydrogen-bond acceptors (Lipinski definition) is 3. The summed E-state index contributed by atoms with van der Waals surface area (Å²) in [6.07, 6.45) is 0.847. The average Bonchev–Trinajstić information content (AvgIpc) is 2.79. The van der Waals surface area contributed by atoms with E-state index < -0.39 is 10.0 Å². The third kappa shape index (κ3) is 5.37. The Bertz CT molecular complexity index is 1170. The zero-order valence-corrected chi connectivity index (χ0v) is 19.8. The number of amides is 1. The van der Waals surface area contributed by atoms with Gasteiger partial charge in [-0.05, 0) is 68.1 Å². The number of benzene rings is 3. The number of sulfonamides is 1. The van der Waals surface area contributed by atoms with E-state index in [-0.39, 0.29) is 23.4 Å². The average molecular weight is 451 g/mol. The lowest BCUT2D eigenvalue weighted by molar-refractivity contribution is -0.120. The molecule has 0 radical (unpaired) electrons. The maximum absolute atomic E-state index is 13.4. The molecule has 1 amide bonds. The summed E-state index contributed by atoms with van der Waals surface area (Å²) in [6.45, 7) is 7.64. The first-order chi connectivity index (χ1) is 15.2. The molecule has 0 aliphatic carbocycles. The summed E-state index contributed by atoms with van der Waals surface area (Å²) < 4.78 is 28.0. The molecule has 0 saturated carbocycles. The van der Waals surface area contributed by atoms with Gasteiger partial charge in [0.05, 0.1) is 16.6 Å². The highest BCUT2D eigenvalue weighted by molar-refractivity contribution is 7.92. The van der Waals surface area contributed by atoms with Crippen molar-refractivity contribution >= 4 is 21.6 Å². The van der Waals surface area contributed by atoms with Crippen molar-refractivity contribution in [1.29, 1.82) is 0 Å². The molecule has 168 valence electrons. The Kier molecular flexibility index (Phi) is 7.36. The lowest BCUT2D eigenvalue weighted by atomic mass is 10.00. The molecule has 0 aliphatic heterocycles. The summed E-state index contributed by atoms with van der Waals surface area (Å²) in [7, 11) is -3.91. The van der Waals surface area contributed by atoms with Gasteiger partial charge in [-0.15, -0.1) is 0 Å². The van der Waals surface area contributed by atoms with Gasteiger partial charge < -0.3 is 5.32 Å². The smallest absolute Gasteiger partial charge is 0.264 e. The molecule has 0 spiro atoms. The molecule has 0 heterocycles. The van der Waals surface area contributed by atoms with Gasteiger partial charge in [-0.1, -0.05) is 61.0 Å². The molecule has 1 unspecified atom stereocenters. The molecule has 3 aromatic rings. The molecule has 0 fully saturated rings. The van der Waals surface area contributed by atoms with Crippen LogP contribution in [0, 0.1) is 13.8 Å². The molecule has 0 bridgehead atoms. The van der Waals surface area contributed by atoms with Gasteiger partial charge in [0, 0.05) is 0 Å². The van der Waals surface area contributed by atoms with Crippen LogP contribution in [0.15, 0.2) is 77.7 Å². The van der Waals surface area contributed by atoms with Crippen LogP contribution >= 0.6 is 0 Å². The van der Waals surface area contributed by atoms with Gasteiger partial charge >= 0.3 is 0 Å². The number of carbonyl (C=O) groups excluding carboxylic acids is 1. The number of carbonyl (C=O) groups is 1. The van der Waals surface area contributed by atoms with Crippen LogP contribution in [0.3, 0.4) is 0 Å². The highest BCUT2D eigenvalue weighted by Gasteiger charge is 2.27. The zero-order chi connectivity index (χ0) is 23.3. The summed E-state index contributed by atoms with van der Waals surface area (Å²) in [5, 5.41) is 2.97. The largest absolute Gasteiger partial charge is 0.348 e. The van der Waals surface area contributed by atoms with E-state index in [2.05, 4.69) is 5.32 Å². The van der Waals surface area contributed by atoms with Crippen molar-refractivity contribution in [1.82, 2.24) is 5.32 Å². The first-order valence-electron chi connectivity index (χ1n) is 10.8. The lowest BCUT2D eigenvalue weighted by Gasteiger charge is -2.25. The number of hydrogen-bond donors (Lipinski definition) is 1. The summed E-state index contributed by atoms with van der Waals surface area (Å²) in [4.78, 5) is 13.1. The summed E-state index contributed by atoms with van der Waals surface area (Å²) in [6, 6.07) is 21.3. The predicted molar refractivity (Wildman–Crippen MR) is 129 cm³/mol. The minimum atomic E-state index is -3.91. The fourth-order valence-electron chi connectivity index (χ4n) is 3.65. The Hall–Kier alpha value is -3.12. The number of rotatable bonds is 8. The molecule has 32 heavy (non-hydrogen) atoms. The van der Waals surface area contributed by atoms with Crippen molar-refractivity contribution in [2.24, 2.45) is 0 Å². The predicted octanol–water partition coefficient (Wildman–Crippen LogP) is 4.94. The second kappa shape index (κ2) is 10.0. The van der Waals surface area contributed by atoms with Crippen molar-refractivity contribution in [2.75, 3.05) is 10.8 Å². The van der Waals surface area contributed by atoms with Crippen LogP contribution < -0.4 is 9.62 Å². The molecule has 3 rings (SSSR count). The van der Waals surface area contributed by atoms with E-state index in [0.717, 1.165) is 28.7 Å². The van der Waals surface area contributed by atoms with Gasteiger partial charge in [0.1, 0.15) is 6.54 Å². The van der Waals surface area contributed by atoms with E-state index in [9.17, 15) is 13.2 Å². The second-order valence-electron chi connectivity index (χ2n) is 7.99. The van der Waals surface area contributed by atoms with Gasteiger partial charge in [-0.3, -0.25) is 9.10 Å². The quantitative estimate of drug-likeness (QED) is 0.529. The Morgan fingerprint density at radius 2 is 1.62 bits per heavy atom. The topological polar surface area (TPSA) is 66.5 Å². The normalized spacial score (nSPS) is 12.2. The number of aryl methyl sites for hydroxylation is 3. The van der Waals surface area contributed by atoms with E-state index in [0.29, 0.717) is 5.69 Å².